The Labute approximate surface area is 265 Å². The highest BCUT2D eigenvalue weighted by Gasteiger charge is 2.43. The predicted octanol–water partition coefficient (Wildman–Crippen LogP) is 5.09. The Hall–Kier alpha value is -2.07. The van der Waals surface area contributed by atoms with Gasteiger partial charge in [0.1, 0.15) is 11.9 Å². The van der Waals surface area contributed by atoms with Crippen molar-refractivity contribution in [2.24, 2.45) is 35.3 Å². The Bertz CT molecular complexity index is 1020. The molecule has 0 heterocycles. The molecule has 2 aliphatic rings. The second-order valence-corrected chi connectivity index (χ2v) is 14.1. The number of carbonyl (C=O) groups excluding carboxylic acids is 1. The van der Waals surface area contributed by atoms with Crippen LogP contribution in [0.4, 0.5) is 0 Å². The van der Waals surface area contributed by atoms with Crippen LogP contribution in [-0.4, -0.2) is 73.4 Å². The van der Waals surface area contributed by atoms with E-state index in [0.29, 0.717) is 42.8 Å². The van der Waals surface area contributed by atoms with Crippen LogP contribution in [0.25, 0.3) is 0 Å². The highest BCUT2D eigenvalue weighted by Crippen LogP contribution is 2.46. The van der Waals surface area contributed by atoms with Crippen LogP contribution in [0, 0.1) is 29.6 Å². The van der Waals surface area contributed by atoms with Gasteiger partial charge in [0.15, 0.2) is 11.5 Å². The zero-order valence-electron chi connectivity index (χ0n) is 28.2. The van der Waals surface area contributed by atoms with Gasteiger partial charge in [-0.2, -0.15) is 0 Å². The predicted molar refractivity (Wildman–Crippen MR) is 173 cm³/mol. The Balaban J connectivity index is 1.58. The summed E-state index contributed by atoms with van der Waals surface area (Å²) in [5.41, 5.74) is 5.99. The number of amides is 1. The van der Waals surface area contributed by atoms with Gasteiger partial charge in [0.05, 0.1) is 25.4 Å². The Morgan fingerprint density at radius 3 is 2.45 bits per heavy atom. The Morgan fingerprint density at radius 1 is 1.07 bits per heavy atom. The van der Waals surface area contributed by atoms with Gasteiger partial charge in [0.2, 0.25) is 5.91 Å². The summed E-state index contributed by atoms with van der Waals surface area (Å²) in [5, 5.41) is 25.5. The van der Waals surface area contributed by atoms with E-state index in [1.807, 2.05) is 32.0 Å². The molecule has 2 saturated carbocycles. The molecule has 9 heteroatoms. The molecule has 9 nitrogen and oxygen atoms in total. The van der Waals surface area contributed by atoms with Gasteiger partial charge in [-0.15, -0.1) is 0 Å². The van der Waals surface area contributed by atoms with Gasteiger partial charge in [-0.3, -0.25) is 4.79 Å². The fourth-order valence-corrected chi connectivity index (χ4v) is 7.08. The van der Waals surface area contributed by atoms with Crippen LogP contribution in [0.1, 0.15) is 92.4 Å². The number of hydrogen-bond acceptors (Lipinski definition) is 8. The van der Waals surface area contributed by atoms with Crippen LogP contribution in [0.3, 0.4) is 0 Å². The number of ether oxygens (including phenoxy) is 4. The number of carbonyl (C=O) groups is 1. The first-order valence-corrected chi connectivity index (χ1v) is 16.8. The molecular formula is C35H60N2O7. The zero-order chi connectivity index (χ0) is 32.4. The van der Waals surface area contributed by atoms with E-state index in [1.165, 1.54) is 6.42 Å². The first-order chi connectivity index (χ1) is 20.9. The van der Waals surface area contributed by atoms with E-state index < -0.39 is 17.7 Å². The summed E-state index contributed by atoms with van der Waals surface area (Å²) in [6, 6.07) is 4.89. The van der Waals surface area contributed by atoms with E-state index in [9.17, 15) is 15.0 Å². The summed E-state index contributed by atoms with van der Waals surface area (Å²) in [7, 11) is 3.26. The smallest absolute Gasteiger partial charge is 0.223 e. The first-order valence-electron chi connectivity index (χ1n) is 16.8. The van der Waals surface area contributed by atoms with E-state index >= 15 is 0 Å². The molecule has 4 unspecified atom stereocenters. The standard InChI is InChI=1S/C35H60N2O7/c1-22(2)28(34(39)37-24(5)26-16-25-10-8-13-35(40,20-25)21-26)18-30(38)29(36)19-32(23(3)4)44-27-11-12-31(42-7)33(17-27)43-15-9-14-41-6/h11-12,17,22-26,28-30,32,38,40H,8-10,13-16,18-21,36H2,1-7H3,(H,37,39)/t24?,25?,26?,28-,29-,30-,32-,35?/m0/s1. The van der Waals surface area contributed by atoms with E-state index in [2.05, 4.69) is 26.1 Å². The topological polar surface area (TPSA) is 132 Å². The molecule has 5 N–H and O–H groups in total. The van der Waals surface area contributed by atoms with Crippen molar-refractivity contribution in [2.75, 3.05) is 27.4 Å². The lowest BCUT2D eigenvalue weighted by molar-refractivity contribution is -0.129. The lowest BCUT2D eigenvalue weighted by Gasteiger charge is -2.47. The van der Waals surface area contributed by atoms with Crippen molar-refractivity contribution in [3.8, 4) is 17.2 Å². The summed E-state index contributed by atoms with van der Waals surface area (Å²) in [4.78, 5) is 13.5. The highest BCUT2D eigenvalue weighted by atomic mass is 16.5. The van der Waals surface area contributed by atoms with Gasteiger partial charge < -0.3 is 40.2 Å². The molecule has 0 saturated heterocycles. The molecule has 0 aliphatic heterocycles. The van der Waals surface area contributed by atoms with Crippen LogP contribution in [-0.2, 0) is 9.53 Å². The fraction of sp³-hybridized carbons (Fsp3) is 0.800. The minimum Gasteiger partial charge on any atom is -0.493 e. The van der Waals surface area contributed by atoms with Gasteiger partial charge >= 0.3 is 0 Å². The minimum absolute atomic E-state index is 0.0286. The SMILES string of the molecule is COCCCOc1cc(O[C@@H](C[C@H](N)[C@@H](O)C[C@H](C(=O)NC(C)C2CC3CCCC(O)(C3)C2)C(C)C)C(C)C)ccc1OC. The molecule has 2 aliphatic carbocycles. The summed E-state index contributed by atoms with van der Waals surface area (Å²) >= 11 is 0. The van der Waals surface area contributed by atoms with Gasteiger partial charge in [0, 0.05) is 50.6 Å². The third-order valence-corrected chi connectivity index (χ3v) is 9.83. The van der Waals surface area contributed by atoms with Gasteiger partial charge in [0.25, 0.3) is 0 Å². The largest absolute Gasteiger partial charge is 0.493 e. The number of nitrogens with two attached hydrogens (primary N) is 1. The van der Waals surface area contributed by atoms with Crippen LogP contribution in [0.15, 0.2) is 18.2 Å². The average molecular weight is 621 g/mol. The van der Waals surface area contributed by atoms with Gasteiger partial charge in [-0.05, 0) is 74.8 Å². The number of methoxy groups -OCH3 is 2. The quantitative estimate of drug-likeness (QED) is 0.167. The Morgan fingerprint density at radius 2 is 1.82 bits per heavy atom. The molecule has 0 aromatic heterocycles. The van der Waals surface area contributed by atoms with E-state index in [0.717, 1.165) is 38.5 Å². The van der Waals surface area contributed by atoms with E-state index in [1.54, 1.807) is 14.2 Å². The normalized spacial score (nSPS) is 25.2. The second-order valence-electron chi connectivity index (χ2n) is 14.1. The van der Waals surface area contributed by atoms with Crippen molar-refractivity contribution in [3.63, 3.8) is 0 Å². The van der Waals surface area contributed by atoms with Gasteiger partial charge in [-0.25, -0.2) is 0 Å². The molecule has 3 rings (SSSR count). The molecule has 8 atom stereocenters. The number of benzene rings is 1. The van der Waals surface area contributed by atoms with E-state index in [-0.39, 0.29) is 48.1 Å². The summed E-state index contributed by atoms with van der Waals surface area (Å²) in [6.45, 7) is 11.3. The third kappa shape index (κ3) is 10.5. The minimum atomic E-state index is -0.862. The number of fused-ring (bicyclic) bond motifs is 2. The molecule has 1 amide bonds. The van der Waals surface area contributed by atoms with Gasteiger partial charge in [-0.1, -0.05) is 40.5 Å². The van der Waals surface area contributed by atoms with Crippen molar-refractivity contribution in [3.05, 3.63) is 18.2 Å². The zero-order valence-corrected chi connectivity index (χ0v) is 28.2. The van der Waals surface area contributed by atoms with Crippen LogP contribution in [0.5, 0.6) is 17.2 Å². The number of nitrogens with one attached hydrogen (secondary N) is 1. The molecule has 0 spiro atoms. The van der Waals surface area contributed by atoms with E-state index in [4.69, 9.17) is 24.7 Å². The number of hydrogen-bond donors (Lipinski definition) is 4. The van der Waals surface area contributed by atoms with Crippen LogP contribution < -0.4 is 25.3 Å². The lowest BCUT2D eigenvalue weighted by atomic mass is 9.64. The maximum atomic E-state index is 13.5. The maximum absolute atomic E-state index is 13.5. The molecule has 1 aromatic rings. The third-order valence-electron chi connectivity index (χ3n) is 9.83. The summed E-state index contributed by atoms with van der Waals surface area (Å²) in [6.07, 6.45) is 6.17. The number of aliphatic hydroxyl groups excluding tert-OH is 1. The number of aliphatic hydroxyl groups is 2. The Kier molecular flexibility index (Phi) is 14.1. The molecule has 2 bridgehead atoms. The van der Waals surface area contributed by atoms with Crippen molar-refractivity contribution in [2.45, 2.75) is 122 Å². The van der Waals surface area contributed by atoms with Crippen molar-refractivity contribution >= 4 is 5.91 Å². The highest BCUT2D eigenvalue weighted by molar-refractivity contribution is 5.79. The van der Waals surface area contributed by atoms with Crippen LogP contribution in [0.2, 0.25) is 0 Å². The van der Waals surface area contributed by atoms with Crippen LogP contribution >= 0.6 is 0 Å². The molecule has 0 radical (unpaired) electrons. The fourth-order valence-electron chi connectivity index (χ4n) is 7.08. The summed E-state index contributed by atoms with van der Waals surface area (Å²) in [5.74, 6) is 2.42. The van der Waals surface area contributed by atoms with Crippen molar-refractivity contribution < 1.29 is 34.0 Å². The molecule has 1 aromatic carbocycles. The number of rotatable bonds is 18. The average Bonchev–Trinajstić information content (AvgIpc) is 2.96. The first kappa shape index (κ1) is 36.4. The summed E-state index contributed by atoms with van der Waals surface area (Å²) < 4.78 is 22.8. The van der Waals surface area contributed by atoms with Crippen molar-refractivity contribution in [1.82, 2.24) is 5.32 Å². The molecule has 252 valence electrons. The van der Waals surface area contributed by atoms with Crippen molar-refractivity contribution in [1.29, 1.82) is 0 Å². The molecular weight excluding hydrogens is 560 g/mol. The maximum Gasteiger partial charge on any atom is 0.223 e. The monoisotopic (exact) mass is 620 g/mol. The lowest BCUT2D eigenvalue weighted by Crippen LogP contribution is -2.50. The molecule has 44 heavy (non-hydrogen) atoms. The molecule has 2 fully saturated rings. The second kappa shape index (κ2) is 17.0.